The Bertz CT molecular complexity index is 605. The van der Waals surface area contributed by atoms with Crippen LogP contribution in [-0.2, 0) is 6.54 Å². The molecule has 1 N–H and O–H groups in total. The van der Waals surface area contributed by atoms with Gasteiger partial charge in [-0.15, -0.1) is 0 Å². The molecule has 0 aliphatic carbocycles. The van der Waals surface area contributed by atoms with Gasteiger partial charge in [0.05, 0.1) is 11.6 Å². The molecule has 1 aliphatic rings. The largest absolute Gasteiger partial charge is 0.327 e. The van der Waals surface area contributed by atoms with Crippen molar-refractivity contribution in [2.75, 3.05) is 6.54 Å². The predicted octanol–water partition coefficient (Wildman–Crippen LogP) is 3.65. The summed E-state index contributed by atoms with van der Waals surface area (Å²) in [6.07, 6.45) is 3.54. The molecule has 1 aliphatic heterocycles. The third-order valence-corrected chi connectivity index (χ3v) is 4.48. The Balaban J connectivity index is 2.04. The highest BCUT2D eigenvalue weighted by atomic mass is 19.1. The SMILES string of the molecule is CCC1CCNC(c2nc3c(F)cccc3n2CC)C1. The first kappa shape index (κ1) is 13.6. The van der Waals surface area contributed by atoms with Crippen LogP contribution in [0.25, 0.3) is 11.0 Å². The van der Waals surface area contributed by atoms with E-state index in [4.69, 9.17) is 0 Å². The highest BCUT2D eigenvalue weighted by Crippen LogP contribution is 2.31. The normalized spacial score (nSPS) is 23.4. The van der Waals surface area contributed by atoms with E-state index in [1.807, 2.05) is 6.07 Å². The van der Waals surface area contributed by atoms with Gasteiger partial charge in [0.25, 0.3) is 0 Å². The van der Waals surface area contributed by atoms with E-state index in [0.717, 1.165) is 36.8 Å². The smallest absolute Gasteiger partial charge is 0.151 e. The van der Waals surface area contributed by atoms with Gasteiger partial charge in [-0.25, -0.2) is 9.37 Å². The van der Waals surface area contributed by atoms with Crippen LogP contribution >= 0.6 is 0 Å². The van der Waals surface area contributed by atoms with E-state index >= 15 is 0 Å². The number of fused-ring (bicyclic) bond motifs is 1. The Morgan fingerprint density at radius 3 is 3.00 bits per heavy atom. The lowest BCUT2D eigenvalue weighted by molar-refractivity contribution is 0.287. The zero-order valence-electron chi connectivity index (χ0n) is 12.2. The number of hydrogen-bond acceptors (Lipinski definition) is 2. The van der Waals surface area contributed by atoms with Gasteiger partial charge in [-0.2, -0.15) is 0 Å². The third-order valence-electron chi connectivity index (χ3n) is 4.48. The van der Waals surface area contributed by atoms with Crippen molar-refractivity contribution in [1.29, 1.82) is 0 Å². The maximum Gasteiger partial charge on any atom is 0.151 e. The number of hydrogen-bond donors (Lipinski definition) is 1. The maximum atomic E-state index is 13.9. The Morgan fingerprint density at radius 2 is 2.25 bits per heavy atom. The number of piperidine rings is 1. The van der Waals surface area contributed by atoms with Crippen LogP contribution < -0.4 is 5.32 Å². The molecule has 2 aromatic rings. The number of halogens is 1. The summed E-state index contributed by atoms with van der Waals surface area (Å²) < 4.78 is 16.1. The summed E-state index contributed by atoms with van der Waals surface area (Å²) in [4.78, 5) is 4.60. The van der Waals surface area contributed by atoms with Crippen LogP contribution in [0, 0.1) is 11.7 Å². The van der Waals surface area contributed by atoms with E-state index in [1.54, 1.807) is 6.07 Å². The van der Waals surface area contributed by atoms with Gasteiger partial charge in [0.15, 0.2) is 5.82 Å². The van der Waals surface area contributed by atoms with Gasteiger partial charge < -0.3 is 9.88 Å². The van der Waals surface area contributed by atoms with Crippen LogP contribution in [0.4, 0.5) is 4.39 Å². The van der Waals surface area contributed by atoms with E-state index in [0.29, 0.717) is 5.52 Å². The fourth-order valence-corrected chi connectivity index (χ4v) is 3.29. The summed E-state index contributed by atoms with van der Waals surface area (Å²) in [5.41, 5.74) is 1.41. The minimum Gasteiger partial charge on any atom is -0.327 e. The molecule has 2 heterocycles. The molecule has 2 unspecified atom stereocenters. The molecular formula is C16H22FN3. The fraction of sp³-hybridized carbons (Fsp3) is 0.562. The molecule has 2 atom stereocenters. The van der Waals surface area contributed by atoms with Crippen LogP contribution in [0.1, 0.15) is 45.0 Å². The molecule has 108 valence electrons. The monoisotopic (exact) mass is 275 g/mol. The second-order valence-electron chi connectivity index (χ2n) is 5.63. The number of nitrogens with one attached hydrogen (secondary N) is 1. The Hall–Kier alpha value is -1.42. The van der Waals surface area contributed by atoms with E-state index in [1.165, 1.54) is 18.9 Å². The standard InChI is InChI=1S/C16H22FN3/c1-3-11-8-9-18-13(10-11)16-19-15-12(17)6-5-7-14(15)20(16)4-2/h5-7,11,13,18H,3-4,8-10H2,1-2H3. The van der Waals surface area contributed by atoms with Gasteiger partial charge in [-0.1, -0.05) is 19.4 Å². The van der Waals surface area contributed by atoms with Gasteiger partial charge in [-0.3, -0.25) is 0 Å². The zero-order valence-corrected chi connectivity index (χ0v) is 12.2. The summed E-state index contributed by atoms with van der Waals surface area (Å²) in [6, 6.07) is 5.46. The molecule has 0 bridgehead atoms. The molecule has 3 rings (SSSR count). The summed E-state index contributed by atoms with van der Waals surface area (Å²) in [5.74, 6) is 1.51. The summed E-state index contributed by atoms with van der Waals surface area (Å²) in [7, 11) is 0. The van der Waals surface area contributed by atoms with Crippen molar-refractivity contribution in [2.45, 2.75) is 45.7 Å². The number of nitrogens with zero attached hydrogens (tertiary/aromatic N) is 2. The van der Waals surface area contributed by atoms with Gasteiger partial charge >= 0.3 is 0 Å². The number of para-hydroxylation sites is 1. The lowest BCUT2D eigenvalue weighted by atomic mass is 9.90. The minimum atomic E-state index is -0.223. The van der Waals surface area contributed by atoms with E-state index < -0.39 is 0 Å². The molecule has 1 aromatic carbocycles. The molecule has 0 saturated carbocycles. The molecule has 4 heteroatoms. The minimum absolute atomic E-state index is 0.223. The van der Waals surface area contributed by atoms with Crippen molar-refractivity contribution in [3.63, 3.8) is 0 Å². The van der Waals surface area contributed by atoms with Crippen molar-refractivity contribution in [3.8, 4) is 0 Å². The van der Waals surface area contributed by atoms with Crippen LogP contribution in [0.5, 0.6) is 0 Å². The molecule has 0 radical (unpaired) electrons. The maximum absolute atomic E-state index is 13.9. The van der Waals surface area contributed by atoms with Crippen molar-refractivity contribution >= 4 is 11.0 Å². The lowest BCUT2D eigenvalue weighted by Crippen LogP contribution is -2.33. The van der Waals surface area contributed by atoms with E-state index in [-0.39, 0.29) is 11.9 Å². The van der Waals surface area contributed by atoms with Crippen LogP contribution in [0.3, 0.4) is 0 Å². The zero-order chi connectivity index (χ0) is 14.1. The van der Waals surface area contributed by atoms with Crippen molar-refractivity contribution < 1.29 is 4.39 Å². The molecule has 1 saturated heterocycles. The van der Waals surface area contributed by atoms with E-state index in [9.17, 15) is 4.39 Å². The van der Waals surface area contributed by atoms with Crippen molar-refractivity contribution in [2.24, 2.45) is 5.92 Å². The highest BCUT2D eigenvalue weighted by molar-refractivity contribution is 5.76. The number of aryl methyl sites for hydroxylation is 1. The number of rotatable bonds is 3. The van der Waals surface area contributed by atoms with Crippen LogP contribution in [0.15, 0.2) is 18.2 Å². The first-order chi connectivity index (χ1) is 9.74. The average molecular weight is 275 g/mol. The molecule has 3 nitrogen and oxygen atoms in total. The molecule has 0 amide bonds. The fourth-order valence-electron chi connectivity index (χ4n) is 3.29. The molecule has 1 aromatic heterocycles. The third kappa shape index (κ3) is 2.22. The molecular weight excluding hydrogens is 253 g/mol. The van der Waals surface area contributed by atoms with Gasteiger partial charge in [0.1, 0.15) is 11.3 Å². The lowest BCUT2D eigenvalue weighted by Gasteiger charge is -2.29. The van der Waals surface area contributed by atoms with Crippen molar-refractivity contribution in [3.05, 3.63) is 29.8 Å². The topological polar surface area (TPSA) is 29.9 Å². The number of benzene rings is 1. The van der Waals surface area contributed by atoms with Gasteiger partial charge in [0.2, 0.25) is 0 Å². The summed E-state index contributed by atoms with van der Waals surface area (Å²) in [6.45, 7) is 6.19. The second-order valence-corrected chi connectivity index (χ2v) is 5.63. The van der Waals surface area contributed by atoms with Crippen LogP contribution in [0.2, 0.25) is 0 Å². The summed E-state index contributed by atoms with van der Waals surface area (Å²) >= 11 is 0. The molecule has 20 heavy (non-hydrogen) atoms. The van der Waals surface area contributed by atoms with Crippen molar-refractivity contribution in [1.82, 2.24) is 14.9 Å². The first-order valence-corrected chi connectivity index (χ1v) is 7.62. The van der Waals surface area contributed by atoms with Gasteiger partial charge in [0, 0.05) is 6.54 Å². The molecule has 1 fully saturated rings. The number of aromatic nitrogens is 2. The highest BCUT2D eigenvalue weighted by Gasteiger charge is 2.26. The Labute approximate surface area is 119 Å². The Kier molecular flexibility index (Phi) is 3.74. The second kappa shape index (κ2) is 5.52. The average Bonchev–Trinajstić information content (AvgIpc) is 2.87. The number of imidazole rings is 1. The first-order valence-electron chi connectivity index (χ1n) is 7.62. The van der Waals surface area contributed by atoms with Gasteiger partial charge in [-0.05, 0) is 44.4 Å². The Morgan fingerprint density at radius 1 is 1.40 bits per heavy atom. The molecule has 0 spiro atoms. The predicted molar refractivity (Wildman–Crippen MR) is 79.1 cm³/mol. The van der Waals surface area contributed by atoms with Crippen LogP contribution in [-0.4, -0.2) is 16.1 Å². The quantitative estimate of drug-likeness (QED) is 0.926. The van der Waals surface area contributed by atoms with E-state index in [2.05, 4.69) is 28.7 Å². The summed E-state index contributed by atoms with van der Waals surface area (Å²) in [5, 5.41) is 3.55.